The summed E-state index contributed by atoms with van der Waals surface area (Å²) in [6, 6.07) is -0.907. The molecule has 0 aliphatic heterocycles. The second-order valence-electron chi connectivity index (χ2n) is 20.6. The fourth-order valence-electron chi connectivity index (χ4n) is 7.85. The van der Waals surface area contributed by atoms with Crippen LogP contribution >= 0.6 is 7.82 Å². The average molecular weight is 1040 g/mol. The second kappa shape index (κ2) is 53.7. The van der Waals surface area contributed by atoms with Crippen molar-refractivity contribution in [1.82, 2.24) is 5.32 Å². The van der Waals surface area contributed by atoms with Gasteiger partial charge in [0.05, 0.1) is 39.9 Å². The number of nitrogens with zero attached hydrogens (tertiary/aromatic N) is 1. The fraction of sp³-hybridized carbons (Fsp3) is 0.672. The summed E-state index contributed by atoms with van der Waals surface area (Å²) in [5.41, 5.74) is 0. The molecule has 0 heterocycles. The van der Waals surface area contributed by atoms with E-state index in [1.807, 2.05) is 27.2 Å². The molecule has 3 atom stereocenters. The highest BCUT2D eigenvalue weighted by Gasteiger charge is 2.23. The van der Waals surface area contributed by atoms with E-state index in [9.17, 15) is 19.4 Å². The van der Waals surface area contributed by atoms with E-state index in [0.717, 1.165) is 116 Å². The molecule has 0 radical (unpaired) electrons. The third-order valence-corrected chi connectivity index (χ3v) is 13.4. The summed E-state index contributed by atoms with van der Waals surface area (Å²) in [6.45, 7) is 4.51. The van der Waals surface area contributed by atoms with Crippen molar-refractivity contribution in [3.8, 4) is 0 Å². The molecule has 73 heavy (non-hydrogen) atoms. The molecule has 9 heteroatoms. The highest BCUT2D eigenvalue weighted by atomic mass is 31.2. The van der Waals surface area contributed by atoms with Gasteiger partial charge in [-0.15, -0.1) is 0 Å². The zero-order valence-electron chi connectivity index (χ0n) is 47.5. The number of likely N-dealkylation sites (N-methyl/N-ethyl adjacent to an activating group) is 1. The van der Waals surface area contributed by atoms with Crippen LogP contribution < -0.4 is 10.2 Å². The standard InChI is InChI=1S/C64H111N2O6P/c1-6-8-10-12-14-16-18-20-22-24-26-27-28-29-30-31-32-33-34-35-36-37-38-39-40-42-44-46-48-50-52-54-56-58-64(68)65-62(61-72-73(69,70)71-60-59-66(3,4)5)63(67)57-55-53-51-49-47-45-43-41-25-23-21-19-17-15-13-11-9-7-2/h8,10,14,16,20,22,26-27,29-30,32-33,35-36,38-39,42,44,55,57,62-63,67H,6-7,9,11-13,15,17-19,21,23-25,28,31,34,37,40-41,43,45-54,56,58-61H2,1-5H3,(H-,65,68,69,70)/b10-8-,16-14-,22-20-,27-26-,30-29-,33-32-,36-35-,39-38-,44-42-,57-55+. The monoisotopic (exact) mass is 1030 g/mol. The number of carbonyl (C=O) groups is 1. The molecule has 0 bridgehead atoms. The summed E-state index contributed by atoms with van der Waals surface area (Å²) in [6.07, 6.45) is 79.8. The van der Waals surface area contributed by atoms with E-state index in [4.69, 9.17) is 9.05 Å². The zero-order chi connectivity index (χ0) is 53.5. The van der Waals surface area contributed by atoms with Gasteiger partial charge in [-0.3, -0.25) is 9.36 Å². The summed E-state index contributed by atoms with van der Waals surface area (Å²) in [7, 11) is 1.23. The van der Waals surface area contributed by atoms with Gasteiger partial charge in [0.1, 0.15) is 13.2 Å². The molecule has 418 valence electrons. The van der Waals surface area contributed by atoms with Gasteiger partial charge in [-0.1, -0.05) is 251 Å². The van der Waals surface area contributed by atoms with E-state index >= 15 is 0 Å². The fourth-order valence-corrected chi connectivity index (χ4v) is 8.57. The van der Waals surface area contributed by atoms with Crippen molar-refractivity contribution in [2.75, 3.05) is 40.9 Å². The first kappa shape index (κ1) is 69.9. The minimum absolute atomic E-state index is 0.0115. The highest BCUT2D eigenvalue weighted by molar-refractivity contribution is 7.45. The molecule has 0 saturated heterocycles. The van der Waals surface area contributed by atoms with Gasteiger partial charge in [-0.25, -0.2) is 0 Å². The van der Waals surface area contributed by atoms with Crippen molar-refractivity contribution >= 4 is 13.7 Å². The molecule has 8 nitrogen and oxygen atoms in total. The Morgan fingerprint density at radius 1 is 0.493 bits per heavy atom. The first-order chi connectivity index (χ1) is 35.5. The van der Waals surface area contributed by atoms with Crippen LogP contribution in [0.1, 0.15) is 226 Å². The van der Waals surface area contributed by atoms with Crippen molar-refractivity contribution in [2.45, 2.75) is 238 Å². The van der Waals surface area contributed by atoms with E-state index < -0.39 is 26.6 Å². The van der Waals surface area contributed by atoms with Crippen molar-refractivity contribution in [3.63, 3.8) is 0 Å². The third-order valence-electron chi connectivity index (χ3n) is 12.4. The van der Waals surface area contributed by atoms with Crippen LogP contribution in [0.25, 0.3) is 0 Å². The zero-order valence-corrected chi connectivity index (χ0v) is 48.4. The molecule has 0 aromatic heterocycles. The number of unbranched alkanes of at least 4 members (excludes halogenated alkanes) is 21. The number of phosphoric ester groups is 1. The molecular weight excluding hydrogens is 924 g/mol. The Balaban J connectivity index is 4.28. The minimum atomic E-state index is -4.61. The second-order valence-corrected chi connectivity index (χ2v) is 22.0. The van der Waals surface area contributed by atoms with Gasteiger partial charge in [0.25, 0.3) is 7.82 Å². The number of aliphatic hydroxyl groups excluding tert-OH is 1. The molecule has 0 saturated carbocycles. The predicted octanol–water partition coefficient (Wildman–Crippen LogP) is 17.5. The number of amides is 1. The van der Waals surface area contributed by atoms with Gasteiger partial charge in [0.2, 0.25) is 5.91 Å². The van der Waals surface area contributed by atoms with Crippen LogP contribution in [0.2, 0.25) is 0 Å². The van der Waals surface area contributed by atoms with Crippen LogP contribution in [-0.4, -0.2) is 68.5 Å². The minimum Gasteiger partial charge on any atom is -0.756 e. The molecule has 0 aliphatic rings. The normalized spacial score (nSPS) is 14.8. The maximum atomic E-state index is 13.0. The van der Waals surface area contributed by atoms with Crippen molar-refractivity contribution in [2.24, 2.45) is 0 Å². The Hall–Kier alpha value is -3.10. The number of carbonyl (C=O) groups excluding carboxylic acids is 1. The van der Waals surface area contributed by atoms with Crippen molar-refractivity contribution < 1.29 is 32.9 Å². The number of allylic oxidation sites excluding steroid dienone is 19. The summed E-state index contributed by atoms with van der Waals surface area (Å²) in [4.78, 5) is 25.5. The molecule has 0 aromatic rings. The topological polar surface area (TPSA) is 108 Å². The Morgan fingerprint density at radius 3 is 1.22 bits per heavy atom. The van der Waals surface area contributed by atoms with E-state index in [-0.39, 0.29) is 12.5 Å². The number of nitrogens with one attached hydrogen (secondary N) is 1. The lowest BCUT2D eigenvalue weighted by Gasteiger charge is -2.29. The Labute approximate surface area is 450 Å². The number of rotatable bonds is 52. The quantitative estimate of drug-likeness (QED) is 0.0272. The molecular formula is C64H111N2O6P. The number of phosphoric acid groups is 1. The molecule has 0 rings (SSSR count). The predicted molar refractivity (Wildman–Crippen MR) is 315 cm³/mol. The lowest BCUT2D eigenvalue weighted by Crippen LogP contribution is -2.45. The van der Waals surface area contributed by atoms with Gasteiger partial charge < -0.3 is 28.8 Å². The van der Waals surface area contributed by atoms with Crippen LogP contribution in [0.3, 0.4) is 0 Å². The Bertz CT molecular complexity index is 1600. The summed E-state index contributed by atoms with van der Waals surface area (Å²) in [5.74, 6) is -0.220. The van der Waals surface area contributed by atoms with E-state index in [0.29, 0.717) is 17.4 Å². The van der Waals surface area contributed by atoms with Gasteiger partial charge in [0, 0.05) is 6.42 Å². The SMILES string of the molecule is CC/C=C\C/C=C\C/C=C\C/C=C\C/C=C\C/C=C\C/C=C\C/C=C\C/C=C\CCCCCCCC(=O)NC(COP(=O)([O-])OCC[N+](C)(C)C)C(O)/C=C/CCCCCCCCCCCCCCCCCC. The molecule has 0 aromatic carbocycles. The number of aliphatic hydroxyl groups is 1. The van der Waals surface area contributed by atoms with E-state index in [2.05, 4.69) is 129 Å². The molecule has 2 N–H and O–H groups in total. The molecule has 0 aliphatic carbocycles. The Morgan fingerprint density at radius 2 is 0.836 bits per heavy atom. The van der Waals surface area contributed by atoms with E-state index in [1.165, 1.54) is 89.9 Å². The Kier molecular flexibility index (Phi) is 51.4. The lowest BCUT2D eigenvalue weighted by molar-refractivity contribution is -0.870. The van der Waals surface area contributed by atoms with Crippen LogP contribution in [0, 0.1) is 0 Å². The smallest absolute Gasteiger partial charge is 0.268 e. The molecule has 0 spiro atoms. The summed E-state index contributed by atoms with van der Waals surface area (Å²) < 4.78 is 23.3. The van der Waals surface area contributed by atoms with Crippen LogP contribution in [0.5, 0.6) is 0 Å². The maximum absolute atomic E-state index is 13.0. The van der Waals surface area contributed by atoms with Crippen LogP contribution in [0.4, 0.5) is 0 Å². The van der Waals surface area contributed by atoms with Gasteiger partial charge >= 0.3 is 0 Å². The third kappa shape index (κ3) is 56.5. The summed E-state index contributed by atoms with van der Waals surface area (Å²) in [5, 5.41) is 13.9. The molecule has 0 fully saturated rings. The average Bonchev–Trinajstić information content (AvgIpc) is 3.35. The first-order valence-corrected chi connectivity index (χ1v) is 30.9. The van der Waals surface area contributed by atoms with E-state index in [1.54, 1.807) is 6.08 Å². The first-order valence-electron chi connectivity index (χ1n) is 29.4. The largest absolute Gasteiger partial charge is 0.756 e. The number of hydrogen-bond acceptors (Lipinski definition) is 6. The van der Waals surface area contributed by atoms with Gasteiger partial charge in [-0.2, -0.15) is 0 Å². The lowest BCUT2D eigenvalue weighted by atomic mass is 10.0. The highest BCUT2D eigenvalue weighted by Crippen LogP contribution is 2.38. The summed E-state index contributed by atoms with van der Waals surface area (Å²) >= 11 is 0. The van der Waals surface area contributed by atoms with Crippen molar-refractivity contribution in [3.05, 3.63) is 122 Å². The number of hydrogen-bond donors (Lipinski definition) is 2. The van der Waals surface area contributed by atoms with Gasteiger partial charge in [-0.05, 0) is 89.9 Å². The van der Waals surface area contributed by atoms with Gasteiger partial charge in [0.15, 0.2) is 0 Å². The maximum Gasteiger partial charge on any atom is 0.268 e. The van der Waals surface area contributed by atoms with Crippen molar-refractivity contribution in [1.29, 1.82) is 0 Å². The molecule has 1 amide bonds. The van der Waals surface area contributed by atoms with Crippen LogP contribution in [0.15, 0.2) is 122 Å². The van der Waals surface area contributed by atoms with Crippen LogP contribution in [-0.2, 0) is 18.4 Å². The molecule has 3 unspecified atom stereocenters. The number of quaternary nitrogens is 1.